The van der Waals surface area contributed by atoms with Crippen LogP contribution in [0.3, 0.4) is 0 Å². The number of ether oxygens (including phenoxy) is 2. The molecule has 0 aliphatic carbocycles. The van der Waals surface area contributed by atoms with E-state index < -0.39 is 24.0 Å². The van der Waals surface area contributed by atoms with Crippen molar-refractivity contribution in [3.8, 4) is 22.8 Å². The molecule has 2 N–H and O–H groups in total. The monoisotopic (exact) mass is 808 g/mol. The van der Waals surface area contributed by atoms with E-state index in [-0.39, 0.29) is 30.3 Å². The fraction of sp³-hybridized carbons (Fsp3) is 0.318. The summed E-state index contributed by atoms with van der Waals surface area (Å²) in [4.78, 5) is 68.7. The Morgan fingerprint density at radius 1 is 0.733 bits per heavy atom. The number of methoxy groups -OCH3 is 2. The van der Waals surface area contributed by atoms with E-state index in [1.54, 1.807) is 22.2 Å². The summed E-state index contributed by atoms with van der Waals surface area (Å²) < 4.78 is 9.74. The molecular weight excluding hydrogens is 765 g/mol. The zero-order valence-corrected chi connectivity index (χ0v) is 33.2. The topological polar surface area (TPSA) is 198 Å². The maximum atomic E-state index is 13.9. The van der Waals surface area contributed by atoms with Crippen molar-refractivity contribution in [2.24, 2.45) is 4.99 Å². The molecule has 16 nitrogen and oxygen atoms in total. The number of carbonyl (C=O) groups is 4. The molecule has 0 radical (unpaired) electrons. The first kappa shape index (κ1) is 39.7. The van der Waals surface area contributed by atoms with E-state index in [9.17, 15) is 19.2 Å². The maximum absolute atomic E-state index is 13.9. The van der Waals surface area contributed by atoms with Crippen LogP contribution in [-0.4, -0.2) is 103 Å². The number of nitrogens with zero attached hydrogens (tertiary/aromatic N) is 8. The number of hydrogen-bond donors (Lipinski definition) is 2. The zero-order valence-electron chi connectivity index (χ0n) is 33.2. The van der Waals surface area contributed by atoms with Crippen molar-refractivity contribution in [1.82, 2.24) is 45.5 Å². The number of nitrogens with one attached hydrogen (secondary N) is 2. The highest BCUT2D eigenvalue weighted by Gasteiger charge is 2.39. The summed E-state index contributed by atoms with van der Waals surface area (Å²) in [7, 11) is 2.60. The van der Waals surface area contributed by atoms with Gasteiger partial charge in [0.05, 0.1) is 56.2 Å². The highest BCUT2D eigenvalue weighted by atomic mass is 16.5. The quantitative estimate of drug-likeness (QED) is 0.149. The zero-order chi connectivity index (χ0) is 41.6. The summed E-state index contributed by atoms with van der Waals surface area (Å²) in [5, 5.41) is 20.5. The SMILES string of the molecule is COC(=O)C[C@@H](C(=O)N1CCC[C@H]1c1ncc(-c2ccc(-c3ccc(C4=CN=C([C@@H]5CCCN5C(=O)[C@H](NC(=O)OC)c5ccccc5)C4)nn3)nn2)[nH]1)c1ccccc1. The van der Waals surface area contributed by atoms with Crippen LogP contribution in [0.25, 0.3) is 28.3 Å². The van der Waals surface area contributed by atoms with Gasteiger partial charge in [0.15, 0.2) is 0 Å². The predicted molar refractivity (Wildman–Crippen MR) is 220 cm³/mol. The second kappa shape index (κ2) is 17.8. The summed E-state index contributed by atoms with van der Waals surface area (Å²) in [6, 6.07) is 24.4. The molecule has 3 aromatic heterocycles. The Balaban J connectivity index is 0.900. The van der Waals surface area contributed by atoms with E-state index in [1.165, 1.54) is 14.2 Å². The Kier molecular flexibility index (Phi) is 11.8. The Hall–Kier alpha value is -7.10. The molecule has 6 heterocycles. The fourth-order valence-electron chi connectivity index (χ4n) is 8.15. The minimum Gasteiger partial charge on any atom is -0.469 e. The van der Waals surface area contributed by atoms with Gasteiger partial charge in [-0.05, 0) is 61.1 Å². The molecule has 2 saturated heterocycles. The van der Waals surface area contributed by atoms with Crippen LogP contribution >= 0.6 is 0 Å². The van der Waals surface area contributed by atoms with Gasteiger partial charge in [-0.15, -0.1) is 15.3 Å². The van der Waals surface area contributed by atoms with Crippen LogP contribution in [0.4, 0.5) is 4.79 Å². The van der Waals surface area contributed by atoms with Crippen molar-refractivity contribution in [3.63, 3.8) is 0 Å². The number of rotatable bonds is 12. The number of aromatic nitrogens is 6. The average molecular weight is 809 g/mol. The number of carbonyl (C=O) groups excluding carboxylic acids is 4. The molecule has 60 heavy (non-hydrogen) atoms. The number of allylic oxidation sites excluding steroid dienone is 1. The molecule has 2 fully saturated rings. The van der Waals surface area contributed by atoms with Gasteiger partial charge in [-0.25, -0.2) is 9.78 Å². The molecule has 306 valence electrons. The Morgan fingerprint density at radius 2 is 1.33 bits per heavy atom. The fourth-order valence-corrected chi connectivity index (χ4v) is 8.15. The average Bonchev–Trinajstić information content (AvgIpc) is 4.15. The molecule has 4 atom stereocenters. The second-order valence-corrected chi connectivity index (χ2v) is 14.8. The third-order valence-corrected chi connectivity index (χ3v) is 11.2. The van der Waals surface area contributed by atoms with E-state index >= 15 is 0 Å². The molecule has 8 rings (SSSR count). The van der Waals surface area contributed by atoms with E-state index in [4.69, 9.17) is 14.5 Å². The van der Waals surface area contributed by atoms with Crippen LogP contribution in [0.15, 0.2) is 102 Å². The molecule has 2 aromatic carbocycles. The molecule has 0 unspecified atom stereocenters. The van der Waals surface area contributed by atoms with Gasteiger partial charge < -0.3 is 29.6 Å². The normalized spacial score (nSPS) is 18.4. The van der Waals surface area contributed by atoms with Gasteiger partial charge in [-0.3, -0.25) is 19.4 Å². The molecule has 3 aliphatic heterocycles. The van der Waals surface area contributed by atoms with Crippen LogP contribution in [0, 0.1) is 0 Å². The minimum atomic E-state index is -0.888. The molecule has 16 heteroatoms. The van der Waals surface area contributed by atoms with Crippen molar-refractivity contribution in [2.45, 2.75) is 62.6 Å². The van der Waals surface area contributed by atoms with Gasteiger partial charge in [0.2, 0.25) is 11.8 Å². The van der Waals surface area contributed by atoms with Gasteiger partial charge >= 0.3 is 12.1 Å². The number of aliphatic imine (C=N–C) groups is 1. The molecule has 0 saturated carbocycles. The second-order valence-electron chi connectivity index (χ2n) is 14.8. The van der Waals surface area contributed by atoms with Crippen molar-refractivity contribution in [3.05, 3.63) is 120 Å². The van der Waals surface area contributed by atoms with Gasteiger partial charge in [0, 0.05) is 37.0 Å². The number of H-pyrrole nitrogens is 1. The number of benzene rings is 2. The van der Waals surface area contributed by atoms with Crippen LogP contribution in [0.1, 0.15) is 79.2 Å². The third kappa shape index (κ3) is 8.39. The summed E-state index contributed by atoms with van der Waals surface area (Å²) in [6.07, 6.45) is 6.36. The first-order chi connectivity index (χ1) is 29.3. The molecule has 0 bridgehead atoms. The van der Waals surface area contributed by atoms with Gasteiger partial charge in [0.1, 0.15) is 28.9 Å². The minimum absolute atomic E-state index is 0.0486. The summed E-state index contributed by atoms with van der Waals surface area (Å²) in [6.45, 7) is 1.10. The van der Waals surface area contributed by atoms with E-state index in [0.29, 0.717) is 59.4 Å². The van der Waals surface area contributed by atoms with Crippen LogP contribution in [0.2, 0.25) is 0 Å². The third-order valence-electron chi connectivity index (χ3n) is 11.2. The van der Waals surface area contributed by atoms with Crippen molar-refractivity contribution in [1.29, 1.82) is 0 Å². The van der Waals surface area contributed by atoms with Gasteiger partial charge in [-0.2, -0.15) is 5.10 Å². The first-order valence-corrected chi connectivity index (χ1v) is 19.9. The summed E-state index contributed by atoms with van der Waals surface area (Å²) >= 11 is 0. The summed E-state index contributed by atoms with van der Waals surface area (Å²) in [5.41, 5.74) is 6.14. The molecular formula is C44H44N10O6. The van der Waals surface area contributed by atoms with Crippen molar-refractivity contribution < 1.29 is 28.7 Å². The highest BCUT2D eigenvalue weighted by molar-refractivity contribution is 6.03. The lowest BCUT2D eigenvalue weighted by Crippen LogP contribution is -2.47. The number of likely N-dealkylation sites (tertiary alicyclic amines) is 2. The lowest BCUT2D eigenvalue weighted by atomic mass is 9.94. The molecule has 5 aromatic rings. The van der Waals surface area contributed by atoms with E-state index in [2.05, 4.69) is 35.7 Å². The van der Waals surface area contributed by atoms with Crippen molar-refractivity contribution >= 4 is 35.2 Å². The lowest BCUT2D eigenvalue weighted by molar-refractivity contribution is -0.145. The number of alkyl carbamates (subject to hydrolysis) is 1. The maximum Gasteiger partial charge on any atom is 0.407 e. The number of esters is 1. The Morgan fingerprint density at radius 3 is 1.97 bits per heavy atom. The molecule has 3 amide bonds. The standard InChI is InChI=1S/C44H44N10O6/c1-59-39(55)24-30(27-11-5-3-6-12-27)42(56)54-22-10-16-38(54)41-46-26-36(47-41)34-20-19-33(51-52-34)32-18-17-31(49-50-32)29-23-35(45-25-29)37-15-9-21-53(37)43(57)40(48-44(58)60-2)28-13-7-4-8-14-28/h3-8,11-14,17-20,25-26,30,37-38,40H,9-10,15-16,21-24H2,1-2H3,(H,46,47)(H,48,58)/t30-,37+,38+,40-/m1/s1. The van der Waals surface area contributed by atoms with Crippen LogP contribution < -0.4 is 5.32 Å². The Bertz CT molecular complexity index is 2400. The van der Waals surface area contributed by atoms with Crippen LogP contribution in [-0.2, 0) is 23.9 Å². The molecule has 0 spiro atoms. The number of aromatic amines is 1. The van der Waals surface area contributed by atoms with E-state index in [1.807, 2.05) is 84.9 Å². The number of amides is 3. The largest absolute Gasteiger partial charge is 0.469 e. The number of hydrogen-bond acceptors (Lipinski definition) is 12. The van der Waals surface area contributed by atoms with Gasteiger partial charge in [-0.1, -0.05) is 60.7 Å². The number of imidazole rings is 1. The van der Waals surface area contributed by atoms with Crippen molar-refractivity contribution in [2.75, 3.05) is 27.3 Å². The first-order valence-electron chi connectivity index (χ1n) is 19.9. The van der Waals surface area contributed by atoms with E-state index in [0.717, 1.165) is 42.5 Å². The van der Waals surface area contributed by atoms with Gasteiger partial charge in [0.25, 0.3) is 0 Å². The smallest absolute Gasteiger partial charge is 0.407 e. The highest BCUT2D eigenvalue weighted by Crippen LogP contribution is 2.36. The molecule has 3 aliphatic rings. The van der Waals surface area contributed by atoms with Crippen LogP contribution in [0.5, 0.6) is 0 Å². The lowest BCUT2D eigenvalue weighted by Gasteiger charge is -2.29. The predicted octanol–water partition coefficient (Wildman–Crippen LogP) is 5.61. The summed E-state index contributed by atoms with van der Waals surface area (Å²) in [5.74, 6) is -0.826. The Labute approximate surface area is 346 Å².